The van der Waals surface area contributed by atoms with Crippen molar-refractivity contribution in [3.63, 3.8) is 0 Å². The lowest BCUT2D eigenvalue weighted by molar-refractivity contribution is 0.572. The summed E-state index contributed by atoms with van der Waals surface area (Å²) in [6, 6.07) is 16.0. The minimum absolute atomic E-state index is 0.164. The first-order valence-electron chi connectivity index (χ1n) is 8.63. The Labute approximate surface area is 175 Å². The maximum Gasteiger partial charge on any atom is 0.259 e. The molecule has 5 nitrogen and oxygen atoms in total. The van der Waals surface area contributed by atoms with E-state index in [1.54, 1.807) is 42.5 Å². The van der Waals surface area contributed by atoms with Crippen LogP contribution in [0.2, 0.25) is 10.0 Å². The number of rotatable bonds is 3. The van der Waals surface area contributed by atoms with Crippen LogP contribution in [0.5, 0.6) is 0 Å². The molecule has 2 aromatic carbocycles. The number of nitrogens with one attached hydrogen (secondary N) is 1. The number of H-pyrrole nitrogens is 1. The highest BCUT2D eigenvalue weighted by Gasteiger charge is 2.14. The molecule has 0 saturated heterocycles. The molecular weight excluding hydrogens is 409 g/mol. The topological polar surface area (TPSA) is 82.7 Å². The maximum absolute atomic E-state index is 12.4. The molecule has 0 atom stereocenters. The molecule has 2 aromatic heterocycles. The van der Waals surface area contributed by atoms with Crippen LogP contribution in [0.3, 0.4) is 0 Å². The largest absolute Gasteiger partial charge is 0.457 e. The molecule has 0 bridgehead atoms. The smallest absolute Gasteiger partial charge is 0.259 e. The van der Waals surface area contributed by atoms with Crippen LogP contribution in [-0.4, -0.2) is 9.97 Å². The SMILES string of the molecule is Cc1ccc2c(=O)[nH]c(C(C#N)=Cc3ccc(-c4c(Cl)cccc4Cl)o3)nc2c1. The third-order valence-corrected chi connectivity index (χ3v) is 4.99. The molecule has 0 saturated carbocycles. The fourth-order valence-corrected chi connectivity index (χ4v) is 3.55. The first-order chi connectivity index (χ1) is 14.0. The van der Waals surface area contributed by atoms with Crippen molar-refractivity contribution in [2.75, 3.05) is 0 Å². The van der Waals surface area contributed by atoms with Gasteiger partial charge >= 0.3 is 0 Å². The molecule has 0 amide bonds. The highest BCUT2D eigenvalue weighted by molar-refractivity contribution is 6.39. The third kappa shape index (κ3) is 3.68. The predicted molar refractivity (Wildman–Crippen MR) is 115 cm³/mol. The van der Waals surface area contributed by atoms with Crippen molar-refractivity contribution in [3.05, 3.63) is 86.1 Å². The van der Waals surface area contributed by atoms with Gasteiger partial charge in [-0.15, -0.1) is 0 Å². The molecule has 0 spiro atoms. The van der Waals surface area contributed by atoms with Gasteiger partial charge in [0.1, 0.15) is 17.6 Å². The Bertz CT molecular complexity index is 1360. The molecule has 7 heteroatoms. The summed E-state index contributed by atoms with van der Waals surface area (Å²) >= 11 is 12.5. The number of aryl methyl sites for hydroxylation is 1. The van der Waals surface area contributed by atoms with Crippen LogP contribution in [0.25, 0.3) is 33.9 Å². The standard InChI is InChI=1S/C22H13Cl2N3O2/c1-12-5-7-15-18(9-12)26-21(27-22(15)28)13(11-25)10-14-6-8-19(29-14)20-16(23)3-2-4-17(20)24/h2-10H,1H3,(H,26,27,28). The number of nitriles is 1. The average Bonchev–Trinajstić information content (AvgIpc) is 3.13. The molecule has 1 N–H and O–H groups in total. The van der Waals surface area contributed by atoms with Crippen molar-refractivity contribution < 1.29 is 4.42 Å². The van der Waals surface area contributed by atoms with Gasteiger partial charge in [-0.25, -0.2) is 4.98 Å². The van der Waals surface area contributed by atoms with E-state index in [4.69, 9.17) is 27.6 Å². The summed E-state index contributed by atoms with van der Waals surface area (Å²) in [6.45, 7) is 1.91. The minimum Gasteiger partial charge on any atom is -0.457 e. The molecule has 0 aliphatic heterocycles. The van der Waals surface area contributed by atoms with E-state index in [9.17, 15) is 10.1 Å². The summed E-state index contributed by atoms with van der Waals surface area (Å²) in [5.74, 6) is 1.04. The van der Waals surface area contributed by atoms with Crippen molar-refractivity contribution in [1.82, 2.24) is 9.97 Å². The second kappa shape index (κ2) is 7.59. The van der Waals surface area contributed by atoms with Gasteiger partial charge in [0, 0.05) is 6.08 Å². The molecule has 0 unspecified atom stereocenters. The summed E-state index contributed by atoms with van der Waals surface area (Å²) in [5, 5.41) is 11.0. The van der Waals surface area contributed by atoms with Crippen molar-refractivity contribution >= 4 is 45.8 Å². The molecule has 4 rings (SSSR count). The van der Waals surface area contributed by atoms with Crippen LogP contribution in [0.15, 0.2) is 57.7 Å². The Morgan fingerprint density at radius 2 is 1.93 bits per heavy atom. The quantitative estimate of drug-likeness (QED) is 0.419. The number of aromatic nitrogens is 2. The summed E-state index contributed by atoms with van der Waals surface area (Å²) in [6.07, 6.45) is 1.51. The van der Waals surface area contributed by atoms with Crippen LogP contribution in [0.4, 0.5) is 0 Å². The highest BCUT2D eigenvalue weighted by atomic mass is 35.5. The molecule has 29 heavy (non-hydrogen) atoms. The Hall–Kier alpha value is -3.33. The molecule has 0 aliphatic rings. The van der Waals surface area contributed by atoms with Crippen molar-refractivity contribution in [2.45, 2.75) is 6.92 Å². The number of benzene rings is 2. The van der Waals surface area contributed by atoms with E-state index in [0.29, 0.717) is 38.0 Å². The fraction of sp³-hybridized carbons (Fsp3) is 0.0455. The van der Waals surface area contributed by atoms with Crippen LogP contribution in [0, 0.1) is 18.3 Å². The maximum atomic E-state index is 12.4. The summed E-state index contributed by atoms with van der Waals surface area (Å²) < 4.78 is 5.81. The number of allylic oxidation sites excluding steroid dienone is 1. The zero-order valence-electron chi connectivity index (χ0n) is 15.2. The van der Waals surface area contributed by atoms with Crippen LogP contribution < -0.4 is 5.56 Å². The molecule has 142 valence electrons. The first kappa shape index (κ1) is 19.0. The van der Waals surface area contributed by atoms with Gasteiger partial charge in [0.2, 0.25) is 0 Å². The minimum atomic E-state index is -0.311. The third-order valence-electron chi connectivity index (χ3n) is 4.36. The first-order valence-corrected chi connectivity index (χ1v) is 9.39. The number of hydrogen-bond acceptors (Lipinski definition) is 4. The van der Waals surface area contributed by atoms with Gasteiger partial charge in [-0.3, -0.25) is 4.79 Å². The second-order valence-corrected chi connectivity index (χ2v) is 7.22. The van der Waals surface area contributed by atoms with Gasteiger partial charge in [0.15, 0.2) is 5.82 Å². The van der Waals surface area contributed by atoms with Crippen molar-refractivity contribution in [3.8, 4) is 17.4 Å². The molecule has 4 aromatic rings. The highest BCUT2D eigenvalue weighted by Crippen LogP contribution is 2.36. The number of nitrogens with zero attached hydrogens (tertiary/aromatic N) is 2. The van der Waals surface area contributed by atoms with E-state index in [1.807, 2.05) is 13.0 Å². The van der Waals surface area contributed by atoms with Gasteiger partial charge < -0.3 is 9.40 Å². The summed E-state index contributed by atoms with van der Waals surface area (Å²) in [4.78, 5) is 19.4. The van der Waals surface area contributed by atoms with Gasteiger partial charge in [-0.05, 0) is 48.9 Å². The van der Waals surface area contributed by atoms with E-state index in [2.05, 4.69) is 16.0 Å². The molecule has 0 radical (unpaired) electrons. The van der Waals surface area contributed by atoms with E-state index in [1.165, 1.54) is 6.08 Å². The van der Waals surface area contributed by atoms with E-state index in [0.717, 1.165) is 5.56 Å². The van der Waals surface area contributed by atoms with Gasteiger partial charge in [0.05, 0.1) is 32.1 Å². The average molecular weight is 422 g/mol. The van der Waals surface area contributed by atoms with Crippen LogP contribution >= 0.6 is 23.2 Å². The zero-order valence-corrected chi connectivity index (χ0v) is 16.7. The Morgan fingerprint density at radius 3 is 2.66 bits per heavy atom. The number of halogens is 2. The lowest BCUT2D eigenvalue weighted by Gasteiger charge is -2.03. The molecular formula is C22H13Cl2N3O2. The predicted octanol–water partition coefficient (Wildman–Crippen LogP) is 5.86. The van der Waals surface area contributed by atoms with Crippen molar-refractivity contribution in [1.29, 1.82) is 5.26 Å². The number of furan rings is 1. The fourth-order valence-electron chi connectivity index (χ4n) is 2.97. The number of fused-ring (bicyclic) bond motifs is 1. The van der Waals surface area contributed by atoms with Gasteiger partial charge in [-0.2, -0.15) is 5.26 Å². The monoisotopic (exact) mass is 421 g/mol. The Balaban J connectivity index is 1.78. The van der Waals surface area contributed by atoms with E-state index >= 15 is 0 Å². The van der Waals surface area contributed by atoms with Crippen LogP contribution in [0.1, 0.15) is 17.1 Å². The lowest BCUT2D eigenvalue weighted by atomic mass is 10.1. The van der Waals surface area contributed by atoms with Gasteiger partial charge in [0.25, 0.3) is 5.56 Å². The second-order valence-electron chi connectivity index (χ2n) is 6.40. The molecule has 0 aliphatic carbocycles. The number of aromatic amines is 1. The normalized spacial score (nSPS) is 11.6. The molecule has 2 heterocycles. The number of hydrogen-bond donors (Lipinski definition) is 1. The van der Waals surface area contributed by atoms with E-state index in [-0.39, 0.29) is 17.0 Å². The zero-order chi connectivity index (χ0) is 20.5. The van der Waals surface area contributed by atoms with Crippen LogP contribution in [-0.2, 0) is 0 Å². The lowest BCUT2D eigenvalue weighted by Crippen LogP contribution is -2.11. The Morgan fingerprint density at radius 1 is 1.17 bits per heavy atom. The van der Waals surface area contributed by atoms with Gasteiger partial charge in [-0.1, -0.05) is 35.3 Å². The summed E-state index contributed by atoms with van der Waals surface area (Å²) in [7, 11) is 0. The Kier molecular flexibility index (Phi) is 4.98. The summed E-state index contributed by atoms with van der Waals surface area (Å²) in [5.41, 5.74) is 1.91. The van der Waals surface area contributed by atoms with E-state index < -0.39 is 0 Å². The van der Waals surface area contributed by atoms with Crippen molar-refractivity contribution in [2.24, 2.45) is 0 Å². The molecule has 0 fully saturated rings.